The fourth-order valence-corrected chi connectivity index (χ4v) is 2.45. The Balaban J connectivity index is 1.87. The Bertz CT molecular complexity index is 471. The molecule has 0 aliphatic carbocycles. The molecule has 1 aliphatic rings. The van der Waals surface area contributed by atoms with E-state index in [9.17, 15) is 13.6 Å². The first-order valence-electron chi connectivity index (χ1n) is 7.03. The van der Waals surface area contributed by atoms with Crippen molar-refractivity contribution in [2.24, 2.45) is 0 Å². The molecule has 0 saturated carbocycles. The predicted octanol–water partition coefficient (Wildman–Crippen LogP) is 2.18. The van der Waals surface area contributed by atoms with E-state index in [1.54, 1.807) is 0 Å². The first-order valence-corrected chi connectivity index (χ1v) is 7.03. The molecule has 1 heterocycles. The zero-order chi connectivity index (χ0) is 14.5. The molecular formula is C15H20F2N2O. The number of Topliss-reactive ketones (excluding diaryl/α,β-unsaturated/α-hetero) is 1. The van der Waals surface area contributed by atoms with Gasteiger partial charge in [0.25, 0.3) is 0 Å². The number of ketones is 1. The van der Waals surface area contributed by atoms with Crippen LogP contribution in [0.15, 0.2) is 18.2 Å². The van der Waals surface area contributed by atoms with Crippen molar-refractivity contribution in [1.29, 1.82) is 0 Å². The Labute approximate surface area is 118 Å². The molecule has 5 heteroatoms. The fourth-order valence-electron chi connectivity index (χ4n) is 2.45. The molecule has 20 heavy (non-hydrogen) atoms. The number of carbonyl (C=O) groups excluding carboxylic acids is 1. The van der Waals surface area contributed by atoms with E-state index in [0.717, 1.165) is 51.3 Å². The number of hydrogen-bond acceptors (Lipinski definition) is 3. The van der Waals surface area contributed by atoms with Gasteiger partial charge in [0.2, 0.25) is 0 Å². The van der Waals surface area contributed by atoms with E-state index < -0.39 is 11.6 Å². The summed E-state index contributed by atoms with van der Waals surface area (Å²) in [6.45, 7) is 7.11. The Morgan fingerprint density at radius 3 is 2.35 bits per heavy atom. The summed E-state index contributed by atoms with van der Waals surface area (Å²) >= 11 is 0. The van der Waals surface area contributed by atoms with Gasteiger partial charge in [-0.25, -0.2) is 8.78 Å². The maximum absolute atomic E-state index is 13.1. The van der Waals surface area contributed by atoms with Gasteiger partial charge in [0.05, 0.1) is 6.54 Å². The summed E-state index contributed by atoms with van der Waals surface area (Å²) in [6, 6.07) is 3.32. The third kappa shape index (κ3) is 3.84. The monoisotopic (exact) mass is 282 g/mol. The van der Waals surface area contributed by atoms with Crippen LogP contribution in [0.4, 0.5) is 8.78 Å². The lowest BCUT2D eigenvalue weighted by Gasteiger charge is -2.34. The van der Waals surface area contributed by atoms with Crippen LogP contribution in [0.1, 0.15) is 23.7 Å². The third-order valence-electron chi connectivity index (χ3n) is 3.61. The number of benzene rings is 1. The van der Waals surface area contributed by atoms with Crippen LogP contribution in [-0.2, 0) is 0 Å². The van der Waals surface area contributed by atoms with Gasteiger partial charge in [-0.1, -0.05) is 6.92 Å². The molecule has 1 fully saturated rings. The number of piperazine rings is 1. The highest BCUT2D eigenvalue weighted by molar-refractivity contribution is 5.97. The Hall–Kier alpha value is -1.33. The molecule has 1 aromatic carbocycles. The molecule has 0 aromatic heterocycles. The number of carbonyl (C=O) groups is 1. The van der Waals surface area contributed by atoms with E-state index in [-0.39, 0.29) is 17.9 Å². The van der Waals surface area contributed by atoms with E-state index in [1.165, 1.54) is 6.07 Å². The summed E-state index contributed by atoms with van der Waals surface area (Å²) in [7, 11) is 0. The average Bonchev–Trinajstić information content (AvgIpc) is 2.44. The second kappa shape index (κ2) is 6.90. The SMILES string of the molecule is CCCN1CCN(CC(=O)c2ccc(F)c(F)c2)CC1. The zero-order valence-corrected chi connectivity index (χ0v) is 11.7. The van der Waals surface area contributed by atoms with E-state index in [2.05, 4.69) is 16.7 Å². The predicted molar refractivity (Wildman–Crippen MR) is 73.9 cm³/mol. The van der Waals surface area contributed by atoms with Crippen molar-refractivity contribution in [1.82, 2.24) is 9.80 Å². The second-order valence-corrected chi connectivity index (χ2v) is 5.17. The molecule has 1 aromatic rings. The first kappa shape index (κ1) is 15.1. The first-order chi connectivity index (χ1) is 9.60. The van der Waals surface area contributed by atoms with Crippen LogP contribution >= 0.6 is 0 Å². The highest BCUT2D eigenvalue weighted by Crippen LogP contribution is 2.11. The van der Waals surface area contributed by atoms with Crippen molar-refractivity contribution in [2.75, 3.05) is 39.3 Å². The van der Waals surface area contributed by atoms with Crippen molar-refractivity contribution in [3.05, 3.63) is 35.4 Å². The van der Waals surface area contributed by atoms with Gasteiger partial charge in [0.15, 0.2) is 17.4 Å². The van der Waals surface area contributed by atoms with Gasteiger partial charge in [-0.05, 0) is 31.2 Å². The zero-order valence-electron chi connectivity index (χ0n) is 11.7. The summed E-state index contributed by atoms with van der Waals surface area (Å²) in [5.74, 6) is -2.05. The normalized spacial score (nSPS) is 17.4. The van der Waals surface area contributed by atoms with E-state index in [4.69, 9.17) is 0 Å². The molecule has 110 valence electrons. The van der Waals surface area contributed by atoms with Crippen LogP contribution in [0.2, 0.25) is 0 Å². The van der Waals surface area contributed by atoms with Crippen LogP contribution in [0.5, 0.6) is 0 Å². The van der Waals surface area contributed by atoms with Crippen LogP contribution < -0.4 is 0 Å². The lowest BCUT2D eigenvalue weighted by molar-refractivity contribution is 0.0852. The average molecular weight is 282 g/mol. The largest absolute Gasteiger partial charge is 0.301 e. The van der Waals surface area contributed by atoms with Gasteiger partial charge in [-0.2, -0.15) is 0 Å². The number of nitrogens with zero attached hydrogens (tertiary/aromatic N) is 2. The molecule has 1 aliphatic heterocycles. The van der Waals surface area contributed by atoms with E-state index >= 15 is 0 Å². The quantitative estimate of drug-likeness (QED) is 0.773. The minimum Gasteiger partial charge on any atom is -0.301 e. The van der Waals surface area contributed by atoms with Crippen molar-refractivity contribution in [3.8, 4) is 0 Å². The van der Waals surface area contributed by atoms with Crippen LogP contribution in [0, 0.1) is 11.6 Å². The summed E-state index contributed by atoms with van der Waals surface area (Å²) in [5, 5.41) is 0. The Morgan fingerprint density at radius 1 is 1.10 bits per heavy atom. The molecule has 0 atom stereocenters. The number of halogens is 2. The Kier molecular flexibility index (Phi) is 5.20. The summed E-state index contributed by atoms with van der Waals surface area (Å²) in [6.07, 6.45) is 1.13. The maximum atomic E-state index is 13.1. The van der Waals surface area contributed by atoms with Crippen LogP contribution in [0.3, 0.4) is 0 Å². The van der Waals surface area contributed by atoms with Crippen LogP contribution in [0.25, 0.3) is 0 Å². The lowest BCUT2D eigenvalue weighted by atomic mass is 10.1. The van der Waals surface area contributed by atoms with Crippen molar-refractivity contribution < 1.29 is 13.6 Å². The van der Waals surface area contributed by atoms with Crippen molar-refractivity contribution in [2.45, 2.75) is 13.3 Å². The molecule has 0 amide bonds. The highest BCUT2D eigenvalue weighted by atomic mass is 19.2. The van der Waals surface area contributed by atoms with Gasteiger partial charge in [0, 0.05) is 31.7 Å². The standard InChI is InChI=1S/C15H20F2N2O/c1-2-5-18-6-8-19(9-7-18)11-15(20)12-3-4-13(16)14(17)10-12/h3-4,10H,2,5-9,11H2,1H3. The van der Waals surface area contributed by atoms with Crippen molar-refractivity contribution >= 4 is 5.78 Å². The molecule has 0 unspecified atom stereocenters. The molecule has 0 spiro atoms. The molecule has 0 N–H and O–H groups in total. The minimum absolute atomic E-state index is 0.159. The summed E-state index contributed by atoms with van der Waals surface area (Å²) in [5.41, 5.74) is 0.236. The van der Waals surface area contributed by atoms with Gasteiger partial charge in [-0.3, -0.25) is 9.69 Å². The fraction of sp³-hybridized carbons (Fsp3) is 0.533. The highest BCUT2D eigenvalue weighted by Gasteiger charge is 2.19. The molecule has 0 radical (unpaired) electrons. The molecular weight excluding hydrogens is 262 g/mol. The molecule has 2 rings (SSSR count). The number of hydrogen-bond donors (Lipinski definition) is 0. The second-order valence-electron chi connectivity index (χ2n) is 5.17. The van der Waals surface area contributed by atoms with Gasteiger partial charge < -0.3 is 4.90 Å². The third-order valence-corrected chi connectivity index (χ3v) is 3.61. The lowest BCUT2D eigenvalue weighted by Crippen LogP contribution is -2.47. The topological polar surface area (TPSA) is 23.6 Å². The molecule has 3 nitrogen and oxygen atoms in total. The number of rotatable bonds is 5. The molecule has 1 saturated heterocycles. The van der Waals surface area contributed by atoms with Gasteiger partial charge >= 0.3 is 0 Å². The molecule has 0 bridgehead atoms. The summed E-state index contributed by atoms with van der Waals surface area (Å²) in [4.78, 5) is 16.5. The maximum Gasteiger partial charge on any atom is 0.176 e. The Morgan fingerprint density at radius 2 is 1.75 bits per heavy atom. The minimum atomic E-state index is -0.969. The van der Waals surface area contributed by atoms with E-state index in [1.807, 2.05) is 0 Å². The van der Waals surface area contributed by atoms with Gasteiger partial charge in [0.1, 0.15) is 0 Å². The van der Waals surface area contributed by atoms with Crippen LogP contribution in [-0.4, -0.2) is 54.9 Å². The summed E-state index contributed by atoms with van der Waals surface area (Å²) < 4.78 is 25.9. The van der Waals surface area contributed by atoms with E-state index in [0.29, 0.717) is 0 Å². The van der Waals surface area contributed by atoms with Crippen molar-refractivity contribution in [3.63, 3.8) is 0 Å². The van der Waals surface area contributed by atoms with Gasteiger partial charge in [-0.15, -0.1) is 0 Å². The smallest absolute Gasteiger partial charge is 0.176 e.